The van der Waals surface area contributed by atoms with Crippen molar-refractivity contribution in [1.82, 2.24) is 14.9 Å². The van der Waals surface area contributed by atoms with Crippen molar-refractivity contribution < 1.29 is 14.7 Å². The van der Waals surface area contributed by atoms with Crippen molar-refractivity contribution in [2.45, 2.75) is 6.54 Å². The van der Waals surface area contributed by atoms with Gasteiger partial charge in [0.15, 0.2) is 5.69 Å². The van der Waals surface area contributed by atoms with Crippen LogP contribution < -0.4 is 5.32 Å². The first-order chi connectivity index (χ1) is 8.97. The van der Waals surface area contributed by atoms with E-state index in [2.05, 4.69) is 10.3 Å². The van der Waals surface area contributed by atoms with Gasteiger partial charge in [-0.3, -0.25) is 4.79 Å². The average molecular weight is 300 g/mol. The van der Waals surface area contributed by atoms with E-state index in [1.54, 1.807) is 23.9 Å². The van der Waals surface area contributed by atoms with Gasteiger partial charge in [-0.15, -0.1) is 11.3 Å². The molecule has 0 fully saturated rings. The SMILES string of the molecule is Cn1cc(Cl)cc1C(=O)NCc1nc(C(=O)O)cs1. The van der Waals surface area contributed by atoms with Crippen molar-refractivity contribution in [2.75, 3.05) is 0 Å². The summed E-state index contributed by atoms with van der Waals surface area (Å²) in [5.74, 6) is -1.37. The van der Waals surface area contributed by atoms with Gasteiger partial charge in [0.25, 0.3) is 5.91 Å². The molecule has 0 bridgehead atoms. The highest BCUT2D eigenvalue weighted by molar-refractivity contribution is 7.09. The molecule has 0 aliphatic carbocycles. The van der Waals surface area contributed by atoms with Gasteiger partial charge in [-0.1, -0.05) is 11.6 Å². The summed E-state index contributed by atoms with van der Waals surface area (Å²) >= 11 is 6.97. The molecule has 6 nitrogen and oxygen atoms in total. The largest absolute Gasteiger partial charge is 0.476 e. The molecule has 0 saturated carbocycles. The van der Waals surface area contributed by atoms with E-state index in [4.69, 9.17) is 16.7 Å². The molecule has 100 valence electrons. The first kappa shape index (κ1) is 13.6. The molecular formula is C11H10ClN3O3S. The smallest absolute Gasteiger partial charge is 0.355 e. The molecule has 8 heteroatoms. The lowest BCUT2D eigenvalue weighted by molar-refractivity contribution is 0.0691. The summed E-state index contributed by atoms with van der Waals surface area (Å²) in [7, 11) is 1.71. The topological polar surface area (TPSA) is 84.2 Å². The third kappa shape index (κ3) is 3.12. The molecule has 0 spiro atoms. The number of aryl methyl sites for hydroxylation is 1. The number of nitrogens with zero attached hydrogens (tertiary/aromatic N) is 2. The minimum atomic E-state index is -1.08. The number of aromatic carboxylic acids is 1. The zero-order valence-corrected chi connectivity index (χ0v) is 11.5. The Hall–Kier alpha value is -1.86. The third-order valence-corrected chi connectivity index (χ3v) is 3.43. The highest BCUT2D eigenvalue weighted by atomic mass is 35.5. The van der Waals surface area contributed by atoms with Gasteiger partial charge in [-0.05, 0) is 6.07 Å². The summed E-state index contributed by atoms with van der Waals surface area (Å²) in [5.41, 5.74) is 0.413. The zero-order valence-electron chi connectivity index (χ0n) is 9.88. The fraction of sp³-hybridized carbons (Fsp3) is 0.182. The second-order valence-corrected chi connectivity index (χ2v) is 5.15. The van der Waals surface area contributed by atoms with Crippen molar-refractivity contribution in [3.8, 4) is 0 Å². The van der Waals surface area contributed by atoms with Gasteiger partial charge in [-0.2, -0.15) is 0 Å². The number of carbonyl (C=O) groups excluding carboxylic acids is 1. The molecule has 0 aromatic carbocycles. The van der Waals surface area contributed by atoms with Gasteiger partial charge in [-0.25, -0.2) is 9.78 Å². The van der Waals surface area contributed by atoms with Gasteiger partial charge >= 0.3 is 5.97 Å². The minimum Gasteiger partial charge on any atom is -0.476 e. The lowest BCUT2D eigenvalue weighted by Crippen LogP contribution is -2.24. The lowest BCUT2D eigenvalue weighted by Gasteiger charge is -2.03. The Morgan fingerprint density at radius 3 is 2.84 bits per heavy atom. The number of halogens is 1. The van der Waals surface area contributed by atoms with E-state index in [-0.39, 0.29) is 18.1 Å². The molecule has 0 saturated heterocycles. The van der Waals surface area contributed by atoms with Gasteiger partial charge in [0, 0.05) is 18.6 Å². The maximum Gasteiger partial charge on any atom is 0.355 e. The van der Waals surface area contributed by atoms with Crippen LogP contribution in [0.25, 0.3) is 0 Å². The number of rotatable bonds is 4. The summed E-state index contributed by atoms with van der Waals surface area (Å²) in [4.78, 5) is 26.4. The van der Waals surface area contributed by atoms with Crippen LogP contribution in [0.2, 0.25) is 5.02 Å². The molecule has 0 atom stereocenters. The number of aromatic nitrogens is 2. The van der Waals surface area contributed by atoms with E-state index in [0.29, 0.717) is 15.7 Å². The summed E-state index contributed by atoms with van der Waals surface area (Å²) in [6, 6.07) is 1.56. The van der Waals surface area contributed by atoms with E-state index in [0.717, 1.165) is 0 Å². The average Bonchev–Trinajstić information content (AvgIpc) is 2.93. The number of carboxylic acid groups (broad SMARTS) is 1. The van der Waals surface area contributed by atoms with Crippen LogP contribution in [0.15, 0.2) is 17.6 Å². The summed E-state index contributed by atoms with van der Waals surface area (Å²) in [5, 5.41) is 13.8. The first-order valence-corrected chi connectivity index (χ1v) is 6.51. The predicted octanol–water partition coefficient (Wildman–Crippen LogP) is 1.76. The Morgan fingerprint density at radius 1 is 1.58 bits per heavy atom. The second kappa shape index (κ2) is 5.41. The van der Waals surface area contributed by atoms with Crippen molar-refractivity contribution in [2.24, 2.45) is 7.05 Å². The Kier molecular flexibility index (Phi) is 3.87. The van der Waals surface area contributed by atoms with E-state index in [9.17, 15) is 9.59 Å². The van der Waals surface area contributed by atoms with Crippen LogP contribution in [-0.4, -0.2) is 26.5 Å². The Morgan fingerprint density at radius 2 is 2.32 bits per heavy atom. The molecule has 1 amide bonds. The van der Waals surface area contributed by atoms with Gasteiger partial charge < -0.3 is 15.0 Å². The van der Waals surface area contributed by atoms with Gasteiger partial charge in [0.05, 0.1) is 11.6 Å². The molecule has 2 aromatic heterocycles. The van der Waals surface area contributed by atoms with Crippen LogP contribution in [0.5, 0.6) is 0 Å². The Balaban J connectivity index is 2.00. The fourth-order valence-corrected chi connectivity index (χ4v) is 2.44. The molecule has 2 rings (SSSR count). The molecule has 0 radical (unpaired) electrons. The summed E-state index contributed by atoms with van der Waals surface area (Å²) < 4.78 is 1.61. The van der Waals surface area contributed by atoms with Crippen LogP contribution in [0, 0.1) is 0 Å². The van der Waals surface area contributed by atoms with Crippen LogP contribution >= 0.6 is 22.9 Å². The predicted molar refractivity (Wildman–Crippen MR) is 70.7 cm³/mol. The normalized spacial score (nSPS) is 10.4. The minimum absolute atomic E-state index is 0.0174. The first-order valence-electron chi connectivity index (χ1n) is 5.25. The van der Waals surface area contributed by atoms with Crippen molar-refractivity contribution >= 4 is 34.8 Å². The van der Waals surface area contributed by atoms with Gasteiger partial charge in [0.1, 0.15) is 10.7 Å². The molecule has 2 N–H and O–H groups in total. The standard InChI is InChI=1S/C11H10ClN3O3S/c1-15-4-6(12)2-8(15)10(16)13-3-9-14-7(5-19-9)11(17)18/h2,4-5H,3H2,1H3,(H,13,16)(H,17,18). The quantitative estimate of drug-likeness (QED) is 0.901. The van der Waals surface area contributed by atoms with Gasteiger partial charge in [0.2, 0.25) is 0 Å². The van der Waals surface area contributed by atoms with Crippen LogP contribution in [0.1, 0.15) is 26.0 Å². The second-order valence-electron chi connectivity index (χ2n) is 3.77. The van der Waals surface area contributed by atoms with E-state index in [1.807, 2.05) is 0 Å². The third-order valence-electron chi connectivity index (χ3n) is 2.38. The molecule has 0 aliphatic heterocycles. The Bertz CT molecular complexity index is 635. The maximum absolute atomic E-state index is 11.9. The highest BCUT2D eigenvalue weighted by Gasteiger charge is 2.13. The van der Waals surface area contributed by atoms with Crippen molar-refractivity contribution in [3.63, 3.8) is 0 Å². The molecule has 0 unspecified atom stereocenters. The number of amides is 1. The summed E-state index contributed by atoms with van der Waals surface area (Å²) in [6.07, 6.45) is 1.63. The van der Waals surface area contributed by atoms with Crippen LogP contribution in [-0.2, 0) is 13.6 Å². The number of hydrogen-bond donors (Lipinski definition) is 2. The number of carboxylic acids is 1. The molecule has 2 aromatic rings. The van der Waals surface area contributed by atoms with Crippen LogP contribution in [0.4, 0.5) is 0 Å². The highest BCUT2D eigenvalue weighted by Crippen LogP contribution is 2.13. The Labute approximate surface area is 117 Å². The monoisotopic (exact) mass is 299 g/mol. The van der Waals surface area contributed by atoms with Crippen molar-refractivity contribution in [1.29, 1.82) is 0 Å². The summed E-state index contributed by atoms with van der Waals surface area (Å²) in [6.45, 7) is 0.180. The van der Waals surface area contributed by atoms with Crippen molar-refractivity contribution in [3.05, 3.63) is 39.1 Å². The zero-order chi connectivity index (χ0) is 14.0. The number of carbonyl (C=O) groups is 2. The lowest BCUT2D eigenvalue weighted by atomic mass is 10.4. The molecule has 0 aliphatic rings. The molecule has 2 heterocycles. The number of thiazole rings is 1. The number of nitrogens with one attached hydrogen (secondary N) is 1. The number of hydrogen-bond acceptors (Lipinski definition) is 4. The maximum atomic E-state index is 11.9. The molecule has 19 heavy (non-hydrogen) atoms. The van der Waals surface area contributed by atoms with Crippen LogP contribution in [0.3, 0.4) is 0 Å². The van der Waals surface area contributed by atoms with E-state index < -0.39 is 5.97 Å². The van der Waals surface area contributed by atoms with E-state index in [1.165, 1.54) is 16.7 Å². The van der Waals surface area contributed by atoms with E-state index >= 15 is 0 Å². The molecular weight excluding hydrogens is 290 g/mol. The fourth-order valence-electron chi connectivity index (χ4n) is 1.49.